The number of hydrogen-bond acceptors (Lipinski definition) is 11. The first kappa shape index (κ1) is 30.6. The van der Waals surface area contributed by atoms with Crippen LogP contribution in [0.25, 0.3) is 0 Å². The van der Waals surface area contributed by atoms with Gasteiger partial charge in [0, 0.05) is 5.38 Å². The van der Waals surface area contributed by atoms with Crippen molar-refractivity contribution < 1.29 is 72.7 Å². The number of carbonyl (C=O) groups is 4. The number of benzene rings is 1. The van der Waals surface area contributed by atoms with Crippen molar-refractivity contribution in [3.05, 3.63) is 47.0 Å². The molecule has 2 aromatic rings. The van der Waals surface area contributed by atoms with Gasteiger partial charge in [0.2, 0.25) is 5.91 Å². The van der Waals surface area contributed by atoms with Gasteiger partial charge in [-0.2, -0.15) is 12.7 Å². The summed E-state index contributed by atoms with van der Waals surface area (Å²) in [4.78, 5) is 58.2. The fourth-order valence-corrected chi connectivity index (χ4v) is 4.58. The van der Waals surface area contributed by atoms with E-state index in [0.717, 1.165) is 24.0 Å². The Morgan fingerprint density at radius 2 is 1.97 bits per heavy atom. The molecule has 1 aromatic heterocycles. The second kappa shape index (κ2) is 13.3. The Bertz CT molecular complexity index is 1310. The number of halogens is 1. The SMILES string of the molecule is COC(=O)C1C(NC(=O)/C(=N\OCc2ccccc2)c2csc(NC(=O)CCl)n2)C(=O)N1S(=O)(=O)O.[H-].[Na+]. The fourth-order valence-electron chi connectivity index (χ4n) is 2.97. The molecule has 0 bridgehead atoms. The van der Waals surface area contributed by atoms with Gasteiger partial charge in [0.15, 0.2) is 16.9 Å². The minimum Gasteiger partial charge on any atom is -1.00 e. The van der Waals surface area contributed by atoms with Gasteiger partial charge in [-0.15, -0.1) is 22.9 Å². The molecule has 194 valence electrons. The summed E-state index contributed by atoms with van der Waals surface area (Å²) in [6.45, 7) is -0.0404. The minimum absolute atomic E-state index is 0. The number of ether oxygens (including phenoxy) is 1. The van der Waals surface area contributed by atoms with Crippen LogP contribution in [0, 0.1) is 0 Å². The van der Waals surface area contributed by atoms with Gasteiger partial charge in [-0.1, -0.05) is 35.5 Å². The number of oxime groups is 1. The Morgan fingerprint density at radius 3 is 2.57 bits per heavy atom. The summed E-state index contributed by atoms with van der Waals surface area (Å²) in [5.41, 5.74) is 0.205. The Labute approximate surface area is 243 Å². The summed E-state index contributed by atoms with van der Waals surface area (Å²) < 4.78 is 36.6. The van der Waals surface area contributed by atoms with Crippen LogP contribution >= 0.6 is 22.9 Å². The first-order valence-electron chi connectivity index (χ1n) is 9.81. The molecule has 2 unspecified atom stereocenters. The molecule has 2 heterocycles. The van der Waals surface area contributed by atoms with E-state index in [1.54, 1.807) is 30.3 Å². The number of carbonyl (C=O) groups excluding carboxylic acids is 4. The van der Waals surface area contributed by atoms with Gasteiger partial charge in [-0.25, -0.2) is 9.78 Å². The fraction of sp³-hybridized carbons (Fsp3) is 0.263. The van der Waals surface area contributed by atoms with E-state index in [2.05, 4.69) is 25.5 Å². The van der Waals surface area contributed by atoms with Crippen LogP contribution in [0.4, 0.5) is 5.13 Å². The molecule has 37 heavy (non-hydrogen) atoms. The van der Waals surface area contributed by atoms with E-state index in [1.165, 1.54) is 5.38 Å². The topological polar surface area (TPSA) is 194 Å². The molecule has 1 aliphatic heterocycles. The summed E-state index contributed by atoms with van der Waals surface area (Å²) in [6.07, 6.45) is 0. The van der Waals surface area contributed by atoms with E-state index in [-0.39, 0.29) is 58.6 Å². The minimum atomic E-state index is -5.10. The number of nitrogens with zero attached hydrogens (tertiary/aromatic N) is 3. The molecular weight excluding hydrogens is 565 g/mol. The molecule has 3 amide bonds. The van der Waals surface area contributed by atoms with Crippen LogP contribution in [-0.2, 0) is 45.7 Å². The zero-order valence-electron chi connectivity index (χ0n) is 20.3. The van der Waals surface area contributed by atoms with E-state index in [4.69, 9.17) is 16.4 Å². The number of alkyl halides is 1. The van der Waals surface area contributed by atoms with Gasteiger partial charge >= 0.3 is 45.8 Å². The Balaban J connectivity index is 0.00000361. The third-order valence-corrected chi connectivity index (χ3v) is 6.49. The van der Waals surface area contributed by atoms with Gasteiger partial charge in [-0.3, -0.25) is 18.9 Å². The molecule has 0 radical (unpaired) electrons. The number of β-lactam (4-membered cyclic amide) rings is 1. The smallest absolute Gasteiger partial charge is 1.00 e. The summed E-state index contributed by atoms with van der Waals surface area (Å²) >= 11 is 6.40. The van der Waals surface area contributed by atoms with Gasteiger partial charge in [-0.05, 0) is 5.56 Å². The van der Waals surface area contributed by atoms with Crippen LogP contribution in [0.3, 0.4) is 0 Å². The van der Waals surface area contributed by atoms with Crippen molar-refractivity contribution >= 4 is 67.8 Å². The maximum absolute atomic E-state index is 13.0. The Hall–Kier alpha value is -2.60. The number of thiazole rings is 1. The molecule has 2 atom stereocenters. The van der Waals surface area contributed by atoms with E-state index in [1.807, 2.05) is 0 Å². The summed E-state index contributed by atoms with van der Waals surface area (Å²) in [6, 6.07) is 5.27. The standard InChI is InChI=1S/C19H18ClN5O9S2.Na.H/c1-33-18(29)15-14(17(28)25(15)36(30,31)32)23-16(27)13(24-34-8-10-5-3-2-4-6-10)11-9-35-19(21-11)22-12(26)7-20;;/h2-6,9,14-15H,7-8H2,1H3,(H,23,27)(H,21,22,26)(H,30,31,32);;/q;+1;-1/b24-13-;;. The first-order chi connectivity index (χ1) is 17.1. The zero-order valence-corrected chi connectivity index (χ0v) is 23.7. The predicted molar refractivity (Wildman–Crippen MR) is 126 cm³/mol. The molecule has 14 nitrogen and oxygen atoms in total. The molecule has 0 saturated carbocycles. The third kappa shape index (κ3) is 7.47. The van der Waals surface area contributed by atoms with Crippen molar-refractivity contribution in [2.45, 2.75) is 18.7 Å². The Kier molecular flexibility index (Phi) is 11.0. The molecular formula is C19H19ClN5NaO9S2. The number of aromatic nitrogens is 1. The molecule has 3 N–H and O–H groups in total. The monoisotopic (exact) mass is 583 g/mol. The number of amides is 3. The molecule has 1 aromatic carbocycles. The van der Waals surface area contributed by atoms with Gasteiger partial charge in [0.25, 0.3) is 11.8 Å². The van der Waals surface area contributed by atoms with Gasteiger partial charge in [0.05, 0.1) is 7.11 Å². The van der Waals surface area contributed by atoms with Crippen molar-refractivity contribution in [1.29, 1.82) is 0 Å². The normalized spacial score (nSPS) is 17.2. The van der Waals surface area contributed by atoms with E-state index in [0.29, 0.717) is 0 Å². The van der Waals surface area contributed by atoms with E-state index < -0.39 is 51.8 Å². The van der Waals surface area contributed by atoms with Crippen molar-refractivity contribution in [2.75, 3.05) is 18.3 Å². The van der Waals surface area contributed by atoms with Gasteiger partial charge < -0.3 is 21.6 Å². The molecule has 1 aliphatic rings. The van der Waals surface area contributed by atoms with Crippen LogP contribution in [-0.4, -0.2) is 76.7 Å². The molecule has 0 spiro atoms. The van der Waals surface area contributed by atoms with Crippen LogP contribution < -0.4 is 40.2 Å². The number of rotatable bonds is 10. The summed E-state index contributed by atoms with van der Waals surface area (Å²) in [5, 5.41) is 9.83. The van der Waals surface area contributed by atoms with E-state index in [9.17, 15) is 32.1 Å². The molecule has 0 aliphatic carbocycles. The van der Waals surface area contributed by atoms with Crippen LogP contribution in [0.1, 0.15) is 12.7 Å². The van der Waals surface area contributed by atoms with Crippen molar-refractivity contribution in [3.8, 4) is 0 Å². The summed E-state index contributed by atoms with van der Waals surface area (Å²) in [5.74, 6) is -4.42. The number of methoxy groups -OCH3 is 1. The third-order valence-electron chi connectivity index (χ3n) is 4.59. The number of hydrogen-bond donors (Lipinski definition) is 3. The second-order valence-electron chi connectivity index (χ2n) is 6.95. The van der Waals surface area contributed by atoms with Crippen molar-refractivity contribution in [2.24, 2.45) is 5.16 Å². The first-order valence-corrected chi connectivity index (χ1v) is 12.6. The maximum atomic E-state index is 13.0. The van der Waals surface area contributed by atoms with Crippen LogP contribution in [0.5, 0.6) is 0 Å². The van der Waals surface area contributed by atoms with Crippen molar-refractivity contribution in [3.63, 3.8) is 0 Å². The number of anilines is 1. The maximum Gasteiger partial charge on any atom is 1.00 e. The Morgan fingerprint density at radius 1 is 1.30 bits per heavy atom. The van der Waals surface area contributed by atoms with Crippen molar-refractivity contribution in [1.82, 2.24) is 14.6 Å². The average molecular weight is 584 g/mol. The van der Waals surface area contributed by atoms with Crippen LogP contribution in [0.15, 0.2) is 40.9 Å². The van der Waals surface area contributed by atoms with E-state index >= 15 is 0 Å². The van der Waals surface area contributed by atoms with Gasteiger partial charge in [0.1, 0.15) is 24.2 Å². The zero-order chi connectivity index (χ0) is 26.5. The number of esters is 1. The largest absolute Gasteiger partial charge is 1.00 e. The molecule has 3 rings (SSSR count). The second-order valence-corrected chi connectivity index (χ2v) is 9.36. The number of nitrogens with one attached hydrogen (secondary N) is 2. The predicted octanol–water partition coefficient (Wildman–Crippen LogP) is -2.97. The summed E-state index contributed by atoms with van der Waals surface area (Å²) in [7, 11) is -4.17. The average Bonchev–Trinajstić information content (AvgIpc) is 3.30. The molecule has 1 saturated heterocycles. The molecule has 1 fully saturated rings. The quantitative estimate of drug-likeness (QED) is 0.0494. The van der Waals surface area contributed by atoms with Crippen LogP contribution in [0.2, 0.25) is 0 Å². The molecule has 18 heteroatoms.